The van der Waals surface area contributed by atoms with Gasteiger partial charge in [0.15, 0.2) is 5.78 Å². The summed E-state index contributed by atoms with van der Waals surface area (Å²) in [6.07, 6.45) is 1.97. The van der Waals surface area contributed by atoms with E-state index in [9.17, 15) is 14.9 Å². The molecule has 0 amide bonds. The van der Waals surface area contributed by atoms with E-state index in [1.165, 1.54) is 13.0 Å². The van der Waals surface area contributed by atoms with Gasteiger partial charge in [-0.3, -0.25) is 14.9 Å². The van der Waals surface area contributed by atoms with Crippen LogP contribution in [0.5, 0.6) is 0 Å². The van der Waals surface area contributed by atoms with Crippen molar-refractivity contribution in [1.29, 1.82) is 0 Å². The quantitative estimate of drug-likeness (QED) is 0.448. The van der Waals surface area contributed by atoms with Crippen molar-refractivity contribution < 1.29 is 9.72 Å². The molecule has 0 radical (unpaired) electrons. The van der Waals surface area contributed by atoms with Crippen LogP contribution < -0.4 is 4.90 Å². The van der Waals surface area contributed by atoms with Crippen molar-refractivity contribution in [1.82, 2.24) is 0 Å². The Kier molecular flexibility index (Phi) is 5.03. The highest BCUT2D eigenvalue weighted by molar-refractivity contribution is 5.99. The van der Waals surface area contributed by atoms with E-state index >= 15 is 0 Å². The molecule has 5 nitrogen and oxygen atoms in total. The van der Waals surface area contributed by atoms with Gasteiger partial charge in [-0.05, 0) is 31.9 Å². The average Bonchev–Trinajstić information content (AvgIpc) is 2.39. The smallest absolute Gasteiger partial charge is 0.280 e. The Hall–Kier alpha value is -1.91. The minimum atomic E-state index is -0.516. The summed E-state index contributed by atoms with van der Waals surface area (Å²) in [7, 11) is 1.95. The van der Waals surface area contributed by atoms with Crippen molar-refractivity contribution >= 4 is 17.2 Å². The Bertz CT molecular complexity index is 482. The van der Waals surface area contributed by atoms with E-state index in [0.29, 0.717) is 6.04 Å². The first-order valence-corrected chi connectivity index (χ1v) is 6.44. The molecular formula is C14H20N2O3. The zero-order valence-electron chi connectivity index (χ0n) is 11.8. The van der Waals surface area contributed by atoms with Gasteiger partial charge in [0, 0.05) is 24.8 Å². The van der Waals surface area contributed by atoms with E-state index in [1.807, 2.05) is 7.05 Å². The summed E-state index contributed by atoms with van der Waals surface area (Å²) < 4.78 is 0. The van der Waals surface area contributed by atoms with E-state index in [-0.39, 0.29) is 17.0 Å². The largest absolute Gasteiger partial charge is 0.372 e. The van der Waals surface area contributed by atoms with Crippen molar-refractivity contribution in [2.75, 3.05) is 11.9 Å². The minimum Gasteiger partial charge on any atom is -0.372 e. The molecule has 1 rings (SSSR count). The van der Waals surface area contributed by atoms with Crippen LogP contribution in [0.25, 0.3) is 0 Å². The molecule has 104 valence electrons. The predicted octanol–water partition coefficient (Wildman–Crippen LogP) is 3.42. The van der Waals surface area contributed by atoms with Crippen LogP contribution in [0.4, 0.5) is 11.4 Å². The van der Waals surface area contributed by atoms with Gasteiger partial charge in [-0.2, -0.15) is 0 Å². The van der Waals surface area contributed by atoms with Gasteiger partial charge in [-0.15, -0.1) is 0 Å². The molecule has 0 saturated heterocycles. The zero-order chi connectivity index (χ0) is 14.6. The second-order valence-corrected chi connectivity index (χ2v) is 4.60. The van der Waals surface area contributed by atoms with Crippen LogP contribution in [0.1, 0.15) is 44.0 Å². The summed E-state index contributed by atoms with van der Waals surface area (Å²) >= 11 is 0. The summed E-state index contributed by atoms with van der Waals surface area (Å²) in [5.74, 6) is -0.286. The first-order valence-electron chi connectivity index (χ1n) is 6.44. The van der Waals surface area contributed by atoms with Gasteiger partial charge >= 0.3 is 0 Å². The molecule has 0 saturated carbocycles. The highest BCUT2D eigenvalue weighted by Crippen LogP contribution is 2.26. The van der Waals surface area contributed by atoms with E-state index in [1.54, 1.807) is 12.1 Å². The number of rotatable bonds is 6. The number of nitrogens with zero attached hydrogens (tertiary/aromatic N) is 2. The van der Waals surface area contributed by atoms with Crippen LogP contribution in [0.2, 0.25) is 0 Å². The third-order valence-corrected chi connectivity index (χ3v) is 3.45. The van der Waals surface area contributed by atoms with E-state index in [4.69, 9.17) is 0 Å². The molecule has 0 aliphatic carbocycles. The Balaban J connectivity index is 3.22. The van der Waals surface area contributed by atoms with Gasteiger partial charge < -0.3 is 4.90 Å². The molecule has 0 aliphatic heterocycles. The maximum Gasteiger partial charge on any atom is 0.280 e. The van der Waals surface area contributed by atoms with Crippen LogP contribution in [0, 0.1) is 10.1 Å². The van der Waals surface area contributed by atoms with Gasteiger partial charge in [0.25, 0.3) is 5.69 Å². The van der Waals surface area contributed by atoms with Crippen molar-refractivity contribution in [2.24, 2.45) is 0 Å². The zero-order valence-corrected chi connectivity index (χ0v) is 11.8. The molecule has 0 bridgehead atoms. The van der Waals surface area contributed by atoms with Gasteiger partial charge in [0.1, 0.15) is 0 Å². The average molecular weight is 264 g/mol. The number of hydrogen-bond acceptors (Lipinski definition) is 4. The standard InChI is InChI=1S/C14H20N2O3/c1-5-11(6-2)15(4)12-7-8-14(16(18)19)13(9-12)10(3)17/h7-9,11H,5-6H2,1-4H3. The van der Waals surface area contributed by atoms with Crippen molar-refractivity contribution in [3.63, 3.8) is 0 Å². The lowest BCUT2D eigenvalue weighted by molar-refractivity contribution is -0.385. The Morgan fingerprint density at radius 2 is 1.95 bits per heavy atom. The number of nitro groups is 1. The number of Topliss-reactive ketones (excluding diaryl/α,β-unsaturated/α-hetero) is 1. The Labute approximate surface area is 113 Å². The van der Waals surface area contributed by atoms with Crippen LogP contribution in [-0.2, 0) is 0 Å². The molecule has 0 aromatic heterocycles. The van der Waals surface area contributed by atoms with Gasteiger partial charge in [-0.1, -0.05) is 13.8 Å². The lowest BCUT2D eigenvalue weighted by atomic mass is 10.1. The monoisotopic (exact) mass is 264 g/mol. The molecule has 5 heteroatoms. The molecule has 0 heterocycles. The molecule has 0 aliphatic rings. The SMILES string of the molecule is CCC(CC)N(C)c1ccc([N+](=O)[O-])c(C(C)=O)c1. The number of hydrogen-bond donors (Lipinski definition) is 0. The van der Waals surface area contributed by atoms with Crippen molar-refractivity contribution in [3.8, 4) is 0 Å². The van der Waals surface area contributed by atoms with Crippen LogP contribution in [0.15, 0.2) is 18.2 Å². The second-order valence-electron chi connectivity index (χ2n) is 4.60. The summed E-state index contributed by atoms with van der Waals surface area (Å²) in [4.78, 5) is 24.0. The van der Waals surface area contributed by atoms with E-state index < -0.39 is 4.92 Å². The summed E-state index contributed by atoms with van der Waals surface area (Å²) in [5, 5.41) is 10.9. The number of benzene rings is 1. The maximum absolute atomic E-state index is 11.5. The number of anilines is 1. The fourth-order valence-electron chi connectivity index (χ4n) is 2.23. The second kappa shape index (κ2) is 6.31. The van der Waals surface area contributed by atoms with Gasteiger partial charge in [-0.25, -0.2) is 0 Å². The van der Waals surface area contributed by atoms with E-state index in [0.717, 1.165) is 18.5 Å². The molecule has 0 fully saturated rings. The Morgan fingerprint density at radius 3 is 2.37 bits per heavy atom. The maximum atomic E-state index is 11.5. The molecule has 19 heavy (non-hydrogen) atoms. The lowest BCUT2D eigenvalue weighted by Crippen LogP contribution is -2.30. The summed E-state index contributed by atoms with van der Waals surface area (Å²) in [6, 6.07) is 5.08. The third-order valence-electron chi connectivity index (χ3n) is 3.45. The predicted molar refractivity (Wildman–Crippen MR) is 75.9 cm³/mol. The lowest BCUT2D eigenvalue weighted by Gasteiger charge is -2.28. The van der Waals surface area contributed by atoms with Crippen LogP contribution >= 0.6 is 0 Å². The fourth-order valence-corrected chi connectivity index (χ4v) is 2.23. The first kappa shape index (κ1) is 15.1. The van der Waals surface area contributed by atoms with Gasteiger partial charge in [0.05, 0.1) is 10.5 Å². The van der Waals surface area contributed by atoms with Gasteiger partial charge in [0.2, 0.25) is 0 Å². The minimum absolute atomic E-state index is 0.130. The molecule has 1 aromatic rings. The van der Waals surface area contributed by atoms with Crippen molar-refractivity contribution in [3.05, 3.63) is 33.9 Å². The number of nitro benzene ring substituents is 1. The molecule has 0 atom stereocenters. The molecule has 1 aromatic carbocycles. The normalized spacial score (nSPS) is 10.6. The number of carbonyl (C=O) groups excluding carboxylic acids is 1. The van der Waals surface area contributed by atoms with Crippen LogP contribution in [0.3, 0.4) is 0 Å². The fraction of sp³-hybridized carbons (Fsp3) is 0.500. The highest BCUT2D eigenvalue weighted by atomic mass is 16.6. The molecular weight excluding hydrogens is 244 g/mol. The number of ketones is 1. The van der Waals surface area contributed by atoms with E-state index in [2.05, 4.69) is 18.7 Å². The summed E-state index contributed by atoms with van der Waals surface area (Å²) in [5.41, 5.74) is 0.874. The first-order chi connectivity index (χ1) is 8.92. The summed E-state index contributed by atoms with van der Waals surface area (Å²) in [6.45, 7) is 5.55. The number of carbonyl (C=O) groups is 1. The van der Waals surface area contributed by atoms with Crippen LogP contribution in [-0.4, -0.2) is 23.8 Å². The Morgan fingerprint density at radius 1 is 1.37 bits per heavy atom. The third kappa shape index (κ3) is 3.30. The highest BCUT2D eigenvalue weighted by Gasteiger charge is 2.20. The molecule has 0 unspecified atom stereocenters. The topological polar surface area (TPSA) is 63.4 Å². The molecule has 0 spiro atoms. The van der Waals surface area contributed by atoms with Crippen molar-refractivity contribution in [2.45, 2.75) is 39.7 Å². The molecule has 0 N–H and O–H groups in total.